The first-order valence-corrected chi connectivity index (χ1v) is 11.1. The fourth-order valence-corrected chi connectivity index (χ4v) is 4.71. The third-order valence-electron chi connectivity index (χ3n) is 4.74. The Labute approximate surface area is 184 Å². The van der Waals surface area contributed by atoms with Crippen LogP contribution in [0.2, 0.25) is 5.02 Å². The molecular formula is C22H18ClN3O4S. The second kappa shape index (κ2) is 8.41. The van der Waals surface area contributed by atoms with Crippen LogP contribution in [0.3, 0.4) is 0 Å². The maximum absolute atomic E-state index is 12.9. The SMILES string of the molecule is COc1cc(Cl)cc(S(=O)(=O)c2ccc(CNC(=O)c3cc4cnccc4[nH]3)cc2)c1. The van der Waals surface area contributed by atoms with Crippen LogP contribution in [-0.2, 0) is 16.4 Å². The smallest absolute Gasteiger partial charge is 0.267 e. The number of hydrogen-bond donors (Lipinski definition) is 2. The lowest BCUT2D eigenvalue weighted by atomic mass is 10.2. The van der Waals surface area contributed by atoms with E-state index in [0.717, 1.165) is 16.5 Å². The summed E-state index contributed by atoms with van der Waals surface area (Å²) >= 11 is 6.00. The van der Waals surface area contributed by atoms with Gasteiger partial charge in [0, 0.05) is 34.9 Å². The number of rotatable bonds is 6. The average molecular weight is 456 g/mol. The molecule has 0 aliphatic carbocycles. The van der Waals surface area contributed by atoms with Crippen LogP contribution in [0.15, 0.2) is 76.8 Å². The van der Waals surface area contributed by atoms with Gasteiger partial charge in [-0.05, 0) is 48.0 Å². The molecule has 0 aliphatic rings. The van der Waals surface area contributed by atoms with Crippen molar-refractivity contribution in [2.45, 2.75) is 16.3 Å². The molecule has 158 valence electrons. The largest absolute Gasteiger partial charge is 0.497 e. The number of hydrogen-bond acceptors (Lipinski definition) is 5. The summed E-state index contributed by atoms with van der Waals surface area (Å²) in [5.74, 6) is 0.0945. The van der Waals surface area contributed by atoms with Crippen LogP contribution in [0.5, 0.6) is 5.75 Å². The third kappa shape index (κ3) is 4.40. The number of H-pyrrole nitrogens is 1. The summed E-state index contributed by atoms with van der Waals surface area (Å²) in [6.07, 6.45) is 3.33. The fraction of sp³-hybridized carbons (Fsp3) is 0.0909. The number of ether oxygens (including phenoxy) is 1. The second-order valence-corrected chi connectivity index (χ2v) is 9.19. The van der Waals surface area contributed by atoms with E-state index in [9.17, 15) is 13.2 Å². The van der Waals surface area contributed by atoms with Crippen LogP contribution in [0.1, 0.15) is 16.1 Å². The van der Waals surface area contributed by atoms with E-state index in [0.29, 0.717) is 11.4 Å². The molecule has 9 heteroatoms. The van der Waals surface area contributed by atoms with Gasteiger partial charge in [-0.15, -0.1) is 0 Å². The minimum Gasteiger partial charge on any atom is -0.497 e. The fourth-order valence-electron chi connectivity index (χ4n) is 3.10. The number of benzene rings is 2. The van der Waals surface area contributed by atoms with Gasteiger partial charge in [-0.1, -0.05) is 23.7 Å². The molecule has 2 heterocycles. The van der Waals surface area contributed by atoms with E-state index in [4.69, 9.17) is 16.3 Å². The molecule has 0 aliphatic heterocycles. The van der Waals surface area contributed by atoms with Crippen LogP contribution < -0.4 is 10.1 Å². The normalized spacial score (nSPS) is 11.4. The summed E-state index contributed by atoms with van der Waals surface area (Å²) in [6, 6.07) is 14.2. The molecule has 0 saturated carbocycles. The van der Waals surface area contributed by atoms with Crippen molar-refractivity contribution in [2.75, 3.05) is 7.11 Å². The molecule has 2 aromatic carbocycles. The Kier molecular flexibility index (Phi) is 5.67. The van der Waals surface area contributed by atoms with E-state index in [2.05, 4.69) is 15.3 Å². The number of carbonyl (C=O) groups excluding carboxylic acids is 1. The number of sulfone groups is 1. The van der Waals surface area contributed by atoms with E-state index in [1.807, 2.05) is 0 Å². The van der Waals surface area contributed by atoms with Gasteiger partial charge < -0.3 is 15.0 Å². The summed E-state index contributed by atoms with van der Waals surface area (Å²) in [7, 11) is -2.32. The van der Waals surface area contributed by atoms with Gasteiger partial charge in [-0.2, -0.15) is 0 Å². The van der Waals surface area contributed by atoms with Gasteiger partial charge in [0.25, 0.3) is 5.91 Å². The molecule has 0 saturated heterocycles. The first-order chi connectivity index (χ1) is 14.9. The molecule has 7 nitrogen and oxygen atoms in total. The molecule has 31 heavy (non-hydrogen) atoms. The van der Waals surface area contributed by atoms with Crippen molar-refractivity contribution in [3.63, 3.8) is 0 Å². The molecule has 0 fully saturated rings. The van der Waals surface area contributed by atoms with Gasteiger partial charge in [0.15, 0.2) is 0 Å². The van der Waals surface area contributed by atoms with Crippen molar-refractivity contribution in [3.05, 3.63) is 83.3 Å². The van der Waals surface area contributed by atoms with Crippen LogP contribution in [0, 0.1) is 0 Å². The van der Waals surface area contributed by atoms with Gasteiger partial charge in [0.05, 0.1) is 16.9 Å². The molecule has 0 unspecified atom stereocenters. The highest BCUT2D eigenvalue weighted by Gasteiger charge is 2.19. The summed E-state index contributed by atoms with van der Waals surface area (Å²) in [5, 5.41) is 3.93. The number of methoxy groups -OCH3 is 1. The monoisotopic (exact) mass is 455 g/mol. The van der Waals surface area contributed by atoms with Gasteiger partial charge in [-0.3, -0.25) is 9.78 Å². The Bertz CT molecular complexity index is 1330. The standard InChI is InChI=1S/C22H18ClN3O4S/c1-30-17-9-16(23)10-19(11-17)31(28,29)18-4-2-14(3-5-18)12-25-22(27)21-8-15-13-24-7-6-20(15)26-21/h2-11,13,26H,12H2,1H3,(H,25,27). The number of aromatic amines is 1. The van der Waals surface area contributed by atoms with E-state index >= 15 is 0 Å². The van der Waals surface area contributed by atoms with E-state index < -0.39 is 9.84 Å². The molecule has 2 N–H and O–H groups in total. The zero-order chi connectivity index (χ0) is 22.0. The van der Waals surface area contributed by atoms with E-state index in [-0.39, 0.29) is 27.3 Å². The average Bonchev–Trinajstić information content (AvgIpc) is 3.21. The van der Waals surface area contributed by atoms with Crippen molar-refractivity contribution < 1.29 is 17.9 Å². The molecule has 0 atom stereocenters. The number of carbonyl (C=O) groups is 1. The molecule has 0 spiro atoms. The van der Waals surface area contributed by atoms with E-state index in [1.54, 1.807) is 36.7 Å². The van der Waals surface area contributed by atoms with Crippen molar-refractivity contribution in [1.29, 1.82) is 0 Å². The molecule has 2 aromatic heterocycles. The highest BCUT2D eigenvalue weighted by atomic mass is 35.5. The molecule has 0 bridgehead atoms. The van der Waals surface area contributed by atoms with Gasteiger partial charge in [0.1, 0.15) is 11.4 Å². The Hall–Kier alpha value is -3.36. The first-order valence-electron chi connectivity index (χ1n) is 9.26. The molecule has 0 radical (unpaired) electrons. The first kappa shape index (κ1) is 20.9. The van der Waals surface area contributed by atoms with Crippen molar-refractivity contribution in [3.8, 4) is 5.75 Å². The lowest BCUT2D eigenvalue weighted by molar-refractivity contribution is 0.0946. The predicted octanol–water partition coefficient (Wildman–Crippen LogP) is 3.99. The highest BCUT2D eigenvalue weighted by Crippen LogP contribution is 2.28. The summed E-state index contributed by atoms with van der Waals surface area (Å²) in [4.78, 5) is 19.6. The number of nitrogens with zero attached hydrogens (tertiary/aromatic N) is 1. The van der Waals surface area contributed by atoms with Crippen molar-refractivity contribution >= 4 is 38.2 Å². The maximum Gasteiger partial charge on any atom is 0.267 e. The van der Waals surface area contributed by atoms with Crippen LogP contribution in [0.4, 0.5) is 0 Å². The number of pyridine rings is 1. The molecule has 4 aromatic rings. The quantitative estimate of drug-likeness (QED) is 0.457. The van der Waals surface area contributed by atoms with Crippen molar-refractivity contribution in [1.82, 2.24) is 15.3 Å². The highest BCUT2D eigenvalue weighted by molar-refractivity contribution is 7.91. The minimum atomic E-state index is -3.76. The summed E-state index contributed by atoms with van der Waals surface area (Å²) in [6.45, 7) is 0.248. The molecule has 1 amide bonds. The topological polar surface area (TPSA) is 101 Å². The lowest BCUT2D eigenvalue weighted by Gasteiger charge is -2.09. The number of fused-ring (bicyclic) bond motifs is 1. The minimum absolute atomic E-state index is 0.0474. The Balaban J connectivity index is 1.47. The van der Waals surface area contributed by atoms with Gasteiger partial charge in [-0.25, -0.2) is 8.42 Å². The number of aromatic nitrogens is 2. The second-order valence-electron chi connectivity index (χ2n) is 6.80. The lowest BCUT2D eigenvalue weighted by Crippen LogP contribution is -2.23. The Morgan fingerprint density at radius 3 is 2.58 bits per heavy atom. The molecule has 4 rings (SSSR count). The number of halogens is 1. The van der Waals surface area contributed by atoms with Gasteiger partial charge in [0.2, 0.25) is 9.84 Å². The molecular weight excluding hydrogens is 438 g/mol. The Morgan fingerprint density at radius 1 is 1.10 bits per heavy atom. The van der Waals surface area contributed by atoms with E-state index in [1.165, 1.54) is 37.4 Å². The summed E-state index contributed by atoms with van der Waals surface area (Å²) in [5.41, 5.74) is 2.01. The van der Waals surface area contributed by atoms with Crippen LogP contribution >= 0.6 is 11.6 Å². The Morgan fingerprint density at radius 2 is 1.87 bits per heavy atom. The summed E-state index contributed by atoms with van der Waals surface area (Å²) < 4.78 is 30.9. The zero-order valence-electron chi connectivity index (χ0n) is 16.4. The van der Waals surface area contributed by atoms with Crippen molar-refractivity contribution in [2.24, 2.45) is 0 Å². The zero-order valence-corrected chi connectivity index (χ0v) is 18.0. The maximum atomic E-state index is 12.9. The number of nitrogens with one attached hydrogen (secondary N) is 2. The predicted molar refractivity (Wildman–Crippen MR) is 117 cm³/mol. The van der Waals surface area contributed by atoms with Crippen LogP contribution in [0.25, 0.3) is 10.9 Å². The van der Waals surface area contributed by atoms with Crippen LogP contribution in [-0.4, -0.2) is 31.4 Å². The van der Waals surface area contributed by atoms with Gasteiger partial charge >= 0.3 is 0 Å². The third-order valence-corrected chi connectivity index (χ3v) is 6.71. The number of amides is 1.